The number of hydrogen-bond acceptors (Lipinski definition) is 4. The van der Waals surface area contributed by atoms with E-state index in [1.165, 1.54) is 18.9 Å². The van der Waals surface area contributed by atoms with Crippen molar-refractivity contribution in [1.82, 2.24) is 20.1 Å². The minimum absolute atomic E-state index is 0.192. The van der Waals surface area contributed by atoms with Crippen LogP contribution in [0.2, 0.25) is 0 Å². The van der Waals surface area contributed by atoms with Gasteiger partial charge in [-0.1, -0.05) is 12.6 Å². The van der Waals surface area contributed by atoms with E-state index in [4.69, 9.17) is 0 Å². The van der Waals surface area contributed by atoms with E-state index in [0.29, 0.717) is 30.3 Å². The molecule has 24 heavy (non-hydrogen) atoms. The quantitative estimate of drug-likeness (QED) is 0.759. The Bertz CT molecular complexity index is 764. The van der Waals surface area contributed by atoms with Crippen molar-refractivity contribution in [1.29, 1.82) is 0 Å². The molecule has 0 spiro atoms. The Balaban J connectivity index is 1.54. The lowest BCUT2D eigenvalue weighted by molar-refractivity contribution is -0.111. The molecule has 0 radical (unpaired) electrons. The molecule has 3 rings (SSSR count). The van der Waals surface area contributed by atoms with Gasteiger partial charge in [0.2, 0.25) is 5.91 Å². The Hall–Kier alpha value is -2.96. The highest BCUT2D eigenvalue weighted by atomic mass is 16.2. The van der Waals surface area contributed by atoms with Gasteiger partial charge in [0, 0.05) is 30.3 Å². The number of carbonyl (C=O) groups is 2. The zero-order chi connectivity index (χ0) is 16.9. The summed E-state index contributed by atoms with van der Waals surface area (Å²) in [6.45, 7) is 3.88. The summed E-state index contributed by atoms with van der Waals surface area (Å²) in [5.74, 6) is 0.388. The highest BCUT2D eigenvalue weighted by molar-refractivity contribution is 6.00. The standard InChI is InChI=1S/C17H19N5O2/c1-2-16(23)20-13-5-3-4-12(10-13)17(24)18-9-8-15-21-19-11-22(15)14-6-7-14/h2-5,10-11,14H,1,6-9H2,(H,18,24)(H,20,23). The molecule has 7 heteroatoms. The van der Waals surface area contributed by atoms with E-state index in [-0.39, 0.29) is 11.8 Å². The minimum Gasteiger partial charge on any atom is -0.352 e. The lowest BCUT2D eigenvalue weighted by Gasteiger charge is -2.08. The van der Waals surface area contributed by atoms with Gasteiger partial charge >= 0.3 is 0 Å². The van der Waals surface area contributed by atoms with E-state index < -0.39 is 0 Å². The first kappa shape index (κ1) is 15.9. The Labute approximate surface area is 139 Å². The molecule has 7 nitrogen and oxygen atoms in total. The maximum absolute atomic E-state index is 12.2. The van der Waals surface area contributed by atoms with Gasteiger partial charge < -0.3 is 15.2 Å². The van der Waals surface area contributed by atoms with Crippen LogP contribution in [-0.2, 0) is 11.2 Å². The van der Waals surface area contributed by atoms with Crippen molar-refractivity contribution in [2.24, 2.45) is 0 Å². The molecule has 1 fully saturated rings. The van der Waals surface area contributed by atoms with Crippen LogP contribution in [0.15, 0.2) is 43.2 Å². The summed E-state index contributed by atoms with van der Waals surface area (Å²) in [6.07, 6.45) is 5.90. The number of anilines is 1. The van der Waals surface area contributed by atoms with Gasteiger partial charge in [0.15, 0.2) is 0 Å². The lowest BCUT2D eigenvalue weighted by Crippen LogP contribution is -2.26. The zero-order valence-electron chi connectivity index (χ0n) is 13.2. The SMILES string of the molecule is C=CC(=O)Nc1cccc(C(=O)NCCc2nncn2C2CC2)c1. The fourth-order valence-corrected chi connectivity index (χ4v) is 2.42. The number of hydrogen-bond donors (Lipinski definition) is 2. The fourth-order valence-electron chi connectivity index (χ4n) is 2.42. The smallest absolute Gasteiger partial charge is 0.251 e. The van der Waals surface area contributed by atoms with E-state index in [2.05, 4.69) is 32.0 Å². The molecule has 124 valence electrons. The number of nitrogens with one attached hydrogen (secondary N) is 2. The normalized spacial score (nSPS) is 13.3. The molecular weight excluding hydrogens is 306 g/mol. The number of benzene rings is 1. The predicted molar refractivity (Wildman–Crippen MR) is 89.6 cm³/mol. The maximum atomic E-state index is 12.2. The predicted octanol–water partition coefficient (Wildman–Crippen LogP) is 1.71. The number of rotatable bonds is 7. The van der Waals surface area contributed by atoms with Crippen molar-refractivity contribution in [3.63, 3.8) is 0 Å². The van der Waals surface area contributed by atoms with Crippen molar-refractivity contribution in [3.05, 3.63) is 54.6 Å². The van der Waals surface area contributed by atoms with Crippen molar-refractivity contribution in [2.75, 3.05) is 11.9 Å². The van der Waals surface area contributed by atoms with E-state index in [9.17, 15) is 9.59 Å². The molecule has 1 aromatic heterocycles. The minimum atomic E-state index is -0.313. The molecule has 2 amide bonds. The molecule has 0 bridgehead atoms. The molecule has 2 N–H and O–H groups in total. The van der Waals surface area contributed by atoms with Crippen molar-refractivity contribution in [2.45, 2.75) is 25.3 Å². The summed E-state index contributed by atoms with van der Waals surface area (Å²) in [4.78, 5) is 23.5. The third-order valence-electron chi connectivity index (χ3n) is 3.80. The fraction of sp³-hybridized carbons (Fsp3) is 0.294. The van der Waals surface area contributed by atoms with Gasteiger partial charge in [-0.05, 0) is 37.1 Å². The lowest BCUT2D eigenvalue weighted by atomic mass is 10.2. The molecule has 0 unspecified atom stereocenters. The van der Waals surface area contributed by atoms with Crippen molar-refractivity contribution >= 4 is 17.5 Å². The largest absolute Gasteiger partial charge is 0.352 e. The molecule has 1 heterocycles. The summed E-state index contributed by atoms with van der Waals surface area (Å²) < 4.78 is 2.08. The maximum Gasteiger partial charge on any atom is 0.251 e. The van der Waals surface area contributed by atoms with Crippen LogP contribution in [0.25, 0.3) is 0 Å². The zero-order valence-corrected chi connectivity index (χ0v) is 13.2. The van der Waals surface area contributed by atoms with Crippen LogP contribution in [0.1, 0.15) is 35.1 Å². The Morgan fingerprint density at radius 1 is 1.38 bits per heavy atom. The van der Waals surface area contributed by atoms with E-state index in [1.54, 1.807) is 30.6 Å². The van der Waals surface area contributed by atoms with Gasteiger partial charge in [-0.25, -0.2) is 0 Å². The first-order valence-electron chi connectivity index (χ1n) is 7.87. The van der Waals surface area contributed by atoms with E-state index >= 15 is 0 Å². The molecular formula is C17H19N5O2. The van der Waals surface area contributed by atoms with Crippen LogP contribution in [-0.4, -0.2) is 33.1 Å². The average Bonchev–Trinajstić information content (AvgIpc) is 3.34. The highest BCUT2D eigenvalue weighted by Gasteiger charge is 2.25. The first-order chi connectivity index (χ1) is 11.7. The highest BCUT2D eigenvalue weighted by Crippen LogP contribution is 2.35. The van der Waals surface area contributed by atoms with Crippen LogP contribution >= 0.6 is 0 Å². The topological polar surface area (TPSA) is 88.9 Å². The Morgan fingerprint density at radius 2 is 2.21 bits per heavy atom. The van der Waals surface area contributed by atoms with Gasteiger partial charge in [0.25, 0.3) is 5.91 Å². The number of nitrogens with zero attached hydrogens (tertiary/aromatic N) is 3. The van der Waals surface area contributed by atoms with Gasteiger partial charge in [-0.15, -0.1) is 10.2 Å². The molecule has 1 aliphatic rings. The summed E-state index contributed by atoms with van der Waals surface area (Å²) in [6, 6.07) is 7.29. The molecule has 0 aliphatic heterocycles. The summed E-state index contributed by atoms with van der Waals surface area (Å²) in [7, 11) is 0. The van der Waals surface area contributed by atoms with E-state index in [0.717, 1.165) is 5.82 Å². The molecule has 2 aromatic rings. The number of aromatic nitrogens is 3. The Kier molecular flexibility index (Phi) is 4.69. The second kappa shape index (κ2) is 7.08. The van der Waals surface area contributed by atoms with Gasteiger partial charge in [0.05, 0.1) is 0 Å². The molecule has 0 atom stereocenters. The summed E-state index contributed by atoms with van der Waals surface area (Å²) in [5.41, 5.74) is 1.04. The van der Waals surface area contributed by atoms with E-state index in [1.807, 2.05) is 0 Å². The van der Waals surface area contributed by atoms with Crippen LogP contribution < -0.4 is 10.6 Å². The monoisotopic (exact) mass is 325 g/mol. The van der Waals surface area contributed by atoms with Crippen LogP contribution in [0.4, 0.5) is 5.69 Å². The van der Waals surface area contributed by atoms with Crippen LogP contribution in [0.3, 0.4) is 0 Å². The third kappa shape index (κ3) is 3.87. The number of amides is 2. The second-order valence-corrected chi connectivity index (χ2v) is 5.67. The van der Waals surface area contributed by atoms with Crippen molar-refractivity contribution < 1.29 is 9.59 Å². The molecule has 0 saturated heterocycles. The van der Waals surface area contributed by atoms with Gasteiger partial charge in [0.1, 0.15) is 12.2 Å². The van der Waals surface area contributed by atoms with Crippen LogP contribution in [0.5, 0.6) is 0 Å². The van der Waals surface area contributed by atoms with Crippen molar-refractivity contribution in [3.8, 4) is 0 Å². The van der Waals surface area contributed by atoms with Crippen LogP contribution in [0, 0.1) is 0 Å². The molecule has 1 saturated carbocycles. The summed E-state index contributed by atoms with van der Waals surface area (Å²) >= 11 is 0. The summed E-state index contributed by atoms with van der Waals surface area (Å²) in [5, 5.41) is 13.5. The third-order valence-corrected chi connectivity index (χ3v) is 3.80. The average molecular weight is 325 g/mol. The molecule has 1 aromatic carbocycles. The van der Waals surface area contributed by atoms with Gasteiger partial charge in [-0.3, -0.25) is 9.59 Å². The van der Waals surface area contributed by atoms with Gasteiger partial charge in [-0.2, -0.15) is 0 Å². The number of carbonyl (C=O) groups excluding carboxylic acids is 2. The first-order valence-corrected chi connectivity index (χ1v) is 7.87. The second-order valence-electron chi connectivity index (χ2n) is 5.67. The molecule has 1 aliphatic carbocycles. The Morgan fingerprint density at radius 3 is 2.96 bits per heavy atom.